The zero-order valence-electron chi connectivity index (χ0n) is 14.4. The summed E-state index contributed by atoms with van der Waals surface area (Å²) in [5, 5.41) is 0. The SMILES string of the molecule is CCCCCCCCCC(CCCCC)CCC(C)=O. The molecule has 0 aromatic heterocycles. The second-order valence-electron chi connectivity index (χ2n) is 6.51. The highest BCUT2D eigenvalue weighted by molar-refractivity contribution is 5.75. The monoisotopic (exact) mass is 282 g/mol. The van der Waals surface area contributed by atoms with Gasteiger partial charge in [0, 0.05) is 6.42 Å². The smallest absolute Gasteiger partial charge is 0.129 e. The molecule has 20 heavy (non-hydrogen) atoms. The first kappa shape index (κ1) is 19.7. The molecule has 1 nitrogen and oxygen atoms in total. The summed E-state index contributed by atoms with van der Waals surface area (Å²) < 4.78 is 0. The third-order valence-corrected chi connectivity index (χ3v) is 4.34. The Bertz CT molecular complexity index is 210. The van der Waals surface area contributed by atoms with Gasteiger partial charge in [-0.1, -0.05) is 90.9 Å². The van der Waals surface area contributed by atoms with Crippen molar-refractivity contribution in [2.75, 3.05) is 0 Å². The van der Waals surface area contributed by atoms with Gasteiger partial charge in [-0.05, 0) is 19.3 Å². The highest BCUT2D eigenvalue weighted by Gasteiger charge is 2.09. The van der Waals surface area contributed by atoms with Crippen LogP contribution in [0.4, 0.5) is 0 Å². The fraction of sp³-hybridized carbons (Fsp3) is 0.947. The number of hydrogen-bond acceptors (Lipinski definition) is 1. The van der Waals surface area contributed by atoms with Gasteiger partial charge >= 0.3 is 0 Å². The summed E-state index contributed by atoms with van der Waals surface area (Å²) in [6.45, 7) is 6.27. The molecule has 0 rings (SSSR count). The van der Waals surface area contributed by atoms with E-state index in [4.69, 9.17) is 0 Å². The van der Waals surface area contributed by atoms with Crippen molar-refractivity contribution in [2.24, 2.45) is 5.92 Å². The molecule has 0 aliphatic heterocycles. The van der Waals surface area contributed by atoms with Crippen molar-refractivity contribution in [3.05, 3.63) is 0 Å². The maximum absolute atomic E-state index is 11.2. The van der Waals surface area contributed by atoms with Crippen molar-refractivity contribution in [3.63, 3.8) is 0 Å². The Hall–Kier alpha value is -0.330. The lowest BCUT2D eigenvalue weighted by molar-refractivity contribution is -0.117. The number of hydrogen-bond donors (Lipinski definition) is 0. The number of carbonyl (C=O) groups is 1. The first-order valence-corrected chi connectivity index (χ1v) is 9.20. The normalized spacial score (nSPS) is 12.6. The molecule has 1 heteroatoms. The largest absolute Gasteiger partial charge is 0.300 e. The third-order valence-electron chi connectivity index (χ3n) is 4.34. The zero-order chi connectivity index (χ0) is 15.1. The molecule has 0 radical (unpaired) electrons. The van der Waals surface area contributed by atoms with E-state index < -0.39 is 0 Å². The van der Waals surface area contributed by atoms with E-state index >= 15 is 0 Å². The first-order valence-electron chi connectivity index (χ1n) is 9.20. The Labute approximate surface area is 127 Å². The molecule has 0 aromatic rings. The molecule has 0 aliphatic rings. The molecule has 0 N–H and O–H groups in total. The van der Waals surface area contributed by atoms with Crippen molar-refractivity contribution < 1.29 is 4.79 Å². The standard InChI is InChI=1S/C19H38O/c1-4-6-8-9-10-11-13-15-19(14-12-7-5-2)17-16-18(3)20/h19H,4-17H2,1-3H3. The van der Waals surface area contributed by atoms with Crippen LogP contribution in [0.15, 0.2) is 0 Å². The molecule has 0 bridgehead atoms. The Kier molecular flexibility index (Phi) is 14.8. The highest BCUT2D eigenvalue weighted by atomic mass is 16.1. The second kappa shape index (κ2) is 15.1. The number of ketones is 1. The molecular weight excluding hydrogens is 244 g/mol. The number of Topliss-reactive ketones (excluding diaryl/α,β-unsaturated/α-hetero) is 1. The van der Waals surface area contributed by atoms with Crippen LogP contribution in [-0.2, 0) is 4.79 Å². The molecule has 0 aliphatic carbocycles. The molecule has 120 valence electrons. The van der Waals surface area contributed by atoms with E-state index in [9.17, 15) is 4.79 Å². The maximum atomic E-state index is 11.2. The summed E-state index contributed by atoms with van der Waals surface area (Å²) in [6, 6.07) is 0. The van der Waals surface area contributed by atoms with Gasteiger partial charge in [0.15, 0.2) is 0 Å². The maximum Gasteiger partial charge on any atom is 0.129 e. The van der Waals surface area contributed by atoms with Crippen LogP contribution < -0.4 is 0 Å². The quantitative estimate of drug-likeness (QED) is 0.306. The van der Waals surface area contributed by atoms with E-state index in [1.54, 1.807) is 6.92 Å². The fourth-order valence-electron chi connectivity index (χ4n) is 2.91. The average Bonchev–Trinajstić information content (AvgIpc) is 2.43. The van der Waals surface area contributed by atoms with Crippen LogP contribution in [0.1, 0.15) is 111 Å². The van der Waals surface area contributed by atoms with Gasteiger partial charge in [0.2, 0.25) is 0 Å². The van der Waals surface area contributed by atoms with Gasteiger partial charge in [-0.25, -0.2) is 0 Å². The molecule has 0 saturated carbocycles. The lowest BCUT2D eigenvalue weighted by atomic mass is 9.90. The van der Waals surface area contributed by atoms with Crippen molar-refractivity contribution in [1.29, 1.82) is 0 Å². The van der Waals surface area contributed by atoms with Gasteiger partial charge in [-0.3, -0.25) is 0 Å². The predicted molar refractivity (Wildman–Crippen MR) is 90.2 cm³/mol. The van der Waals surface area contributed by atoms with Crippen LogP contribution in [0.3, 0.4) is 0 Å². The molecule has 0 heterocycles. The molecular formula is C19H38O. The van der Waals surface area contributed by atoms with E-state index in [1.165, 1.54) is 77.0 Å². The second-order valence-corrected chi connectivity index (χ2v) is 6.51. The lowest BCUT2D eigenvalue weighted by Gasteiger charge is -2.16. The first-order chi connectivity index (χ1) is 9.70. The van der Waals surface area contributed by atoms with Crippen LogP contribution >= 0.6 is 0 Å². The van der Waals surface area contributed by atoms with Crippen LogP contribution in [0, 0.1) is 5.92 Å². The molecule has 0 saturated heterocycles. The molecule has 0 aromatic carbocycles. The summed E-state index contributed by atoms with van der Waals surface area (Å²) in [7, 11) is 0. The summed E-state index contributed by atoms with van der Waals surface area (Å²) in [6.07, 6.45) is 18.4. The van der Waals surface area contributed by atoms with Crippen molar-refractivity contribution in [2.45, 2.75) is 111 Å². The van der Waals surface area contributed by atoms with E-state index in [1.807, 2.05) is 0 Å². The Balaban J connectivity index is 3.64. The molecule has 0 spiro atoms. The minimum Gasteiger partial charge on any atom is -0.300 e. The van der Waals surface area contributed by atoms with E-state index in [0.29, 0.717) is 5.78 Å². The van der Waals surface area contributed by atoms with Crippen molar-refractivity contribution in [1.82, 2.24) is 0 Å². The Morgan fingerprint density at radius 2 is 1.15 bits per heavy atom. The lowest BCUT2D eigenvalue weighted by Crippen LogP contribution is -2.04. The average molecular weight is 283 g/mol. The van der Waals surface area contributed by atoms with Gasteiger partial charge in [0.05, 0.1) is 0 Å². The van der Waals surface area contributed by atoms with E-state index in [-0.39, 0.29) is 0 Å². The topological polar surface area (TPSA) is 17.1 Å². The zero-order valence-corrected chi connectivity index (χ0v) is 14.4. The fourth-order valence-corrected chi connectivity index (χ4v) is 2.91. The summed E-state index contributed by atoms with van der Waals surface area (Å²) >= 11 is 0. The van der Waals surface area contributed by atoms with Crippen molar-refractivity contribution in [3.8, 4) is 0 Å². The van der Waals surface area contributed by atoms with Crippen LogP contribution in [-0.4, -0.2) is 5.78 Å². The molecule has 0 amide bonds. The highest BCUT2D eigenvalue weighted by Crippen LogP contribution is 2.23. The number of rotatable bonds is 15. The summed E-state index contributed by atoms with van der Waals surface area (Å²) in [5.74, 6) is 1.17. The van der Waals surface area contributed by atoms with Crippen LogP contribution in [0.25, 0.3) is 0 Å². The molecule has 0 fully saturated rings. The van der Waals surface area contributed by atoms with E-state index in [0.717, 1.165) is 18.8 Å². The van der Waals surface area contributed by atoms with Crippen molar-refractivity contribution >= 4 is 5.78 Å². The van der Waals surface area contributed by atoms with E-state index in [2.05, 4.69) is 13.8 Å². The predicted octanol–water partition coefficient (Wildman–Crippen LogP) is 6.69. The Morgan fingerprint density at radius 1 is 0.700 bits per heavy atom. The van der Waals surface area contributed by atoms with Gasteiger partial charge in [-0.2, -0.15) is 0 Å². The number of unbranched alkanes of at least 4 members (excludes halogenated alkanes) is 8. The van der Waals surface area contributed by atoms with Gasteiger partial charge in [0.1, 0.15) is 5.78 Å². The summed E-state index contributed by atoms with van der Waals surface area (Å²) in [4.78, 5) is 11.2. The van der Waals surface area contributed by atoms with Gasteiger partial charge < -0.3 is 4.79 Å². The summed E-state index contributed by atoms with van der Waals surface area (Å²) in [5.41, 5.74) is 0. The molecule has 1 unspecified atom stereocenters. The van der Waals surface area contributed by atoms with Gasteiger partial charge in [-0.15, -0.1) is 0 Å². The van der Waals surface area contributed by atoms with Crippen LogP contribution in [0.2, 0.25) is 0 Å². The minimum atomic E-state index is 0.366. The third kappa shape index (κ3) is 14.1. The minimum absolute atomic E-state index is 0.366. The number of carbonyl (C=O) groups excluding carboxylic acids is 1. The van der Waals surface area contributed by atoms with Crippen LogP contribution in [0.5, 0.6) is 0 Å². The van der Waals surface area contributed by atoms with Gasteiger partial charge in [0.25, 0.3) is 0 Å². The Morgan fingerprint density at radius 3 is 1.70 bits per heavy atom. The molecule has 1 atom stereocenters.